The molecule has 0 aromatic heterocycles. The Morgan fingerprint density at radius 2 is 2.04 bits per heavy atom. The Morgan fingerprint density at radius 1 is 1.35 bits per heavy atom. The van der Waals surface area contributed by atoms with Gasteiger partial charge in [-0.2, -0.15) is 0 Å². The first kappa shape index (κ1) is 17.9. The normalized spacial score (nSPS) is 19.7. The molecule has 1 aliphatic heterocycles. The quantitative estimate of drug-likeness (QED) is 0.758. The Kier molecular flexibility index (Phi) is 6.18. The zero-order valence-electron chi connectivity index (χ0n) is 13.8. The number of carbonyl (C=O) groups excluding carboxylic acids is 1. The van der Waals surface area contributed by atoms with E-state index < -0.39 is 15.8 Å². The van der Waals surface area contributed by atoms with Crippen LogP contribution in [0.1, 0.15) is 24.8 Å². The molecule has 0 unspecified atom stereocenters. The van der Waals surface area contributed by atoms with E-state index in [1.54, 1.807) is 4.90 Å². The van der Waals surface area contributed by atoms with E-state index in [-0.39, 0.29) is 11.7 Å². The van der Waals surface area contributed by atoms with Gasteiger partial charge in [0.05, 0.1) is 18.3 Å². The van der Waals surface area contributed by atoms with Gasteiger partial charge in [0.2, 0.25) is 5.91 Å². The van der Waals surface area contributed by atoms with E-state index >= 15 is 0 Å². The van der Waals surface area contributed by atoms with E-state index in [2.05, 4.69) is 0 Å². The summed E-state index contributed by atoms with van der Waals surface area (Å²) in [7, 11) is -3.25. The molecule has 0 spiro atoms. The second kappa shape index (κ2) is 7.93. The van der Waals surface area contributed by atoms with Crippen molar-refractivity contribution in [1.29, 1.82) is 0 Å². The van der Waals surface area contributed by atoms with Crippen molar-refractivity contribution in [3.8, 4) is 0 Å². The molecule has 2 atom stereocenters. The molecule has 23 heavy (non-hydrogen) atoms. The monoisotopic (exact) mass is 339 g/mol. The van der Waals surface area contributed by atoms with Crippen LogP contribution in [0.4, 0.5) is 0 Å². The minimum Gasteiger partial charge on any atom is -0.381 e. The third-order valence-corrected chi connectivity index (χ3v) is 5.06. The molecule has 0 N–H and O–H groups in total. The smallest absolute Gasteiger partial charge is 0.231 e. The van der Waals surface area contributed by atoms with Crippen LogP contribution in [0.2, 0.25) is 0 Å². The van der Waals surface area contributed by atoms with Crippen LogP contribution in [-0.2, 0) is 19.4 Å². The van der Waals surface area contributed by atoms with Gasteiger partial charge in [0.15, 0.2) is 0 Å². The van der Waals surface area contributed by atoms with Crippen molar-refractivity contribution in [3.63, 3.8) is 0 Å². The Hall–Kier alpha value is -1.40. The molecule has 1 heterocycles. The first-order valence-corrected chi connectivity index (χ1v) is 10.1. The molecular formula is C17H25NO4S. The Bertz CT molecular complexity index is 615. The van der Waals surface area contributed by atoms with Crippen molar-refractivity contribution in [1.82, 2.24) is 4.90 Å². The minimum atomic E-state index is -3.25. The molecule has 0 radical (unpaired) electrons. The molecule has 1 amide bonds. The molecule has 1 saturated heterocycles. The summed E-state index contributed by atoms with van der Waals surface area (Å²) in [4.78, 5) is 14.6. The number of hydrogen-bond acceptors (Lipinski definition) is 4. The van der Waals surface area contributed by atoms with Crippen LogP contribution in [0, 0.1) is 5.92 Å². The number of likely N-dealkylation sites (tertiary alicyclic amines) is 1. The first-order chi connectivity index (χ1) is 10.9. The second-order valence-electron chi connectivity index (χ2n) is 6.15. The number of carbonyl (C=O) groups is 1. The number of ether oxygens (including phenoxy) is 1. The van der Waals surface area contributed by atoms with E-state index in [9.17, 15) is 13.2 Å². The zero-order chi connectivity index (χ0) is 16.9. The molecule has 128 valence electrons. The van der Waals surface area contributed by atoms with Crippen LogP contribution < -0.4 is 0 Å². The summed E-state index contributed by atoms with van der Waals surface area (Å²) in [6.07, 6.45) is 2.09. The van der Waals surface area contributed by atoms with Crippen LogP contribution in [-0.4, -0.2) is 57.5 Å². The Labute approximate surface area is 138 Å². The molecular weight excluding hydrogens is 314 g/mol. The van der Waals surface area contributed by atoms with Gasteiger partial charge in [-0.05, 0) is 18.9 Å². The van der Waals surface area contributed by atoms with Crippen LogP contribution >= 0.6 is 0 Å². The number of nitrogens with zero attached hydrogens (tertiary/aromatic N) is 1. The maximum Gasteiger partial charge on any atom is 0.231 e. The summed E-state index contributed by atoms with van der Waals surface area (Å²) in [5.41, 5.74) is 0.760. The molecule has 0 aliphatic carbocycles. The topological polar surface area (TPSA) is 63.7 Å². The summed E-state index contributed by atoms with van der Waals surface area (Å²) >= 11 is 0. The maximum atomic E-state index is 12.9. The summed E-state index contributed by atoms with van der Waals surface area (Å²) in [6, 6.07) is 9.17. The van der Waals surface area contributed by atoms with Crippen LogP contribution in [0.15, 0.2) is 30.3 Å². The summed E-state index contributed by atoms with van der Waals surface area (Å²) < 4.78 is 28.9. The van der Waals surface area contributed by atoms with Crippen molar-refractivity contribution in [2.75, 3.05) is 38.3 Å². The van der Waals surface area contributed by atoms with Gasteiger partial charge in [-0.1, -0.05) is 30.3 Å². The fraction of sp³-hybridized carbons (Fsp3) is 0.588. The fourth-order valence-corrected chi connectivity index (χ4v) is 3.91. The number of hydrogen-bond donors (Lipinski definition) is 0. The third kappa shape index (κ3) is 5.32. The van der Waals surface area contributed by atoms with Crippen molar-refractivity contribution in [2.24, 2.45) is 5.92 Å². The van der Waals surface area contributed by atoms with Gasteiger partial charge < -0.3 is 9.64 Å². The standard InChI is InChI=1S/C17H25NO4S/c1-3-22-12-14-9-10-18(11-14)17(19)16(13-23(2,20)21)15-7-5-4-6-8-15/h4-8,14,16H,3,9-13H2,1-2H3/t14-,16+/m1/s1. The first-order valence-electron chi connectivity index (χ1n) is 8.00. The molecule has 5 nitrogen and oxygen atoms in total. The molecule has 2 rings (SSSR count). The van der Waals surface area contributed by atoms with Gasteiger partial charge in [0.1, 0.15) is 9.84 Å². The van der Waals surface area contributed by atoms with Gasteiger partial charge in [0.25, 0.3) is 0 Å². The summed E-state index contributed by atoms with van der Waals surface area (Å²) in [5.74, 6) is -0.533. The highest BCUT2D eigenvalue weighted by atomic mass is 32.2. The van der Waals surface area contributed by atoms with Crippen molar-refractivity contribution >= 4 is 15.7 Å². The van der Waals surface area contributed by atoms with Crippen molar-refractivity contribution in [2.45, 2.75) is 19.3 Å². The zero-order valence-corrected chi connectivity index (χ0v) is 14.6. The lowest BCUT2D eigenvalue weighted by Crippen LogP contribution is -2.36. The predicted octanol–water partition coefficient (Wildman–Crippen LogP) is 1.70. The molecule has 1 fully saturated rings. The van der Waals surface area contributed by atoms with E-state index in [1.807, 2.05) is 37.3 Å². The molecule has 1 aliphatic rings. The van der Waals surface area contributed by atoms with Crippen LogP contribution in [0.5, 0.6) is 0 Å². The van der Waals surface area contributed by atoms with Gasteiger partial charge in [-0.25, -0.2) is 8.42 Å². The van der Waals surface area contributed by atoms with E-state index in [0.29, 0.717) is 32.2 Å². The molecule has 1 aromatic rings. The van der Waals surface area contributed by atoms with E-state index in [0.717, 1.165) is 12.0 Å². The van der Waals surface area contributed by atoms with Crippen molar-refractivity contribution < 1.29 is 17.9 Å². The van der Waals surface area contributed by atoms with Gasteiger partial charge in [-0.3, -0.25) is 4.79 Å². The molecule has 1 aromatic carbocycles. The average molecular weight is 339 g/mol. The highest BCUT2D eigenvalue weighted by molar-refractivity contribution is 7.90. The van der Waals surface area contributed by atoms with Crippen LogP contribution in [0.25, 0.3) is 0 Å². The third-order valence-electron chi connectivity index (χ3n) is 4.12. The molecule has 0 saturated carbocycles. The average Bonchev–Trinajstić information content (AvgIpc) is 2.99. The van der Waals surface area contributed by atoms with E-state index in [4.69, 9.17) is 4.74 Å². The largest absolute Gasteiger partial charge is 0.381 e. The fourth-order valence-electron chi connectivity index (χ4n) is 2.97. The highest BCUT2D eigenvalue weighted by Gasteiger charge is 2.33. The van der Waals surface area contributed by atoms with Gasteiger partial charge in [-0.15, -0.1) is 0 Å². The van der Waals surface area contributed by atoms with Gasteiger partial charge in [0, 0.05) is 31.9 Å². The number of benzene rings is 1. The minimum absolute atomic E-state index is 0.0966. The lowest BCUT2D eigenvalue weighted by molar-refractivity contribution is -0.131. The van der Waals surface area contributed by atoms with E-state index in [1.165, 1.54) is 6.26 Å². The SMILES string of the molecule is CCOC[C@@H]1CCN(C(=O)[C@@H](CS(C)(=O)=O)c2ccccc2)C1. The highest BCUT2D eigenvalue weighted by Crippen LogP contribution is 2.25. The maximum absolute atomic E-state index is 12.9. The molecule has 6 heteroatoms. The Morgan fingerprint density at radius 3 is 2.65 bits per heavy atom. The molecule has 0 bridgehead atoms. The lowest BCUT2D eigenvalue weighted by Gasteiger charge is -2.23. The van der Waals surface area contributed by atoms with Gasteiger partial charge >= 0.3 is 0 Å². The number of rotatable bonds is 7. The predicted molar refractivity (Wildman–Crippen MR) is 90.1 cm³/mol. The number of amides is 1. The van der Waals surface area contributed by atoms with Crippen molar-refractivity contribution in [3.05, 3.63) is 35.9 Å². The van der Waals surface area contributed by atoms with Crippen LogP contribution in [0.3, 0.4) is 0 Å². The summed E-state index contributed by atoms with van der Waals surface area (Å²) in [6.45, 7) is 4.60. The second-order valence-corrected chi connectivity index (χ2v) is 8.34. The Balaban J connectivity index is 2.11. The lowest BCUT2D eigenvalue weighted by atomic mass is 9.99. The summed E-state index contributed by atoms with van der Waals surface area (Å²) in [5, 5.41) is 0. The number of sulfone groups is 1.